The average Bonchev–Trinajstić information content (AvgIpc) is 3.63. The van der Waals surface area contributed by atoms with Crippen LogP contribution in [0.15, 0.2) is 72.0 Å². The molecule has 0 bridgehead atoms. The first-order chi connectivity index (χ1) is 20.8. The minimum atomic E-state index is -5.08. The molecule has 0 unspecified atom stereocenters. The van der Waals surface area contributed by atoms with E-state index < -0.39 is 30.3 Å². The van der Waals surface area contributed by atoms with Crippen LogP contribution in [0.3, 0.4) is 0 Å². The molecule has 14 heteroatoms. The summed E-state index contributed by atoms with van der Waals surface area (Å²) in [5.41, 5.74) is 3.85. The molecule has 4 atom stereocenters. The largest absolute Gasteiger partial charge is 0.490 e. The number of benzene rings is 2. The van der Waals surface area contributed by atoms with Gasteiger partial charge in [0.15, 0.2) is 23.2 Å². The second-order valence-electron chi connectivity index (χ2n) is 10.9. The number of carbonyl (C=O) groups is 1. The summed E-state index contributed by atoms with van der Waals surface area (Å²) in [5.74, 6) is -3.52. The highest BCUT2D eigenvalue weighted by molar-refractivity contribution is 5.73. The molecule has 1 N–H and O–H groups in total. The van der Waals surface area contributed by atoms with Gasteiger partial charge in [-0.3, -0.25) is 13.9 Å². The Kier molecular flexibility index (Phi) is 8.88. The minimum Gasteiger partial charge on any atom is -0.475 e. The van der Waals surface area contributed by atoms with E-state index in [0.29, 0.717) is 25.4 Å². The van der Waals surface area contributed by atoms with Gasteiger partial charge in [-0.1, -0.05) is 60.2 Å². The van der Waals surface area contributed by atoms with E-state index in [0.717, 1.165) is 11.1 Å². The van der Waals surface area contributed by atoms with Gasteiger partial charge >= 0.3 is 12.1 Å². The predicted molar refractivity (Wildman–Crippen MR) is 150 cm³/mol. The van der Waals surface area contributed by atoms with Gasteiger partial charge in [-0.25, -0.2) is 14.8 Å². The van der Waals surface area contributed by atoms with E-state index in [9.17, 15) is 18.0 Å². The first-order valence-electron chi connectivity index (χ1n) is 13.7. The van der Waals surface area contributed by atoms with Gasteiger partial charge in [-0.2, -0.15) is 13.2 Å². The second-order valence-corrected chi connectivity index (χ2v) is 10.9. The van der Waals surface area contributed by atoms with Crippen LogP contribution in [0.2, 0.25) is 0 Å². The quantitative estimate of drug-likeness (QED) is 0.325. The number of ether oxygens (including phenoxy) is 4. The summed E-state index contributed by atoms with van der Waals surface area (Å²) in [5, 5.41) is 7.12. The van der Waals surface area contributed by atoms with Crippen LogP contribution in [-0.2, 0) is 36.9 Å². The molecule has 2 aromatic carbocycles. The molecule has 0 aliphatic carbocycles. The lowest BCUT2D eigenvalue weighted by Gasteiger charge is -2.24. The molecule has 234 valence electrons. The molecule has 2 fully saturated rings. The highest BCUT2D eigenvalue weighted by Gasteiger charge is 2.56. The first-order valence-corrected chi connectivity index (χ1v) is 13.7. The zero-order valence-corrected chi connectivity index (χ0v) is 24.1. The van der Waals surface area contributed by atoms with Gasteiger partial charge in [0.25, 0.3) is 5.56 Å². The molecule has 0 radical (unpaired) electrons. The lowest BCUT2D eigenvalue weighted by Crippen LogP contribution is -2.32. The molecule has 2 aliphatic heterocycles. The van der Waals surface area contributed by atoms with E-state index in [1.54, 1.807) is 21.8 Å². The maximum absolute atomic E-state index is 13.2. The van der Waals surface area contributed by atoms with Gasteiger partial charge in [-0.05, 0) is 31.9 Å². The number of carboxylic acids is 1. The van der Waals surface area contributed by atoms with E-state index in [-0.39, 0.29) is 23.3 Å². The monoisotopic (exact) mass is 616 g/mol. The first kappa shape index (κ1) is 31.3. The van der Waals surface area contributed by atoms with Crippen molar-refractivity contribution >= 4 is 17.1 Å². The van der Waals surface area contributed by atoms with Crippen LogP contribution >= 0.6 is 0 Å². The number of aryl methyl sites for hydroxylation is 1. The molecule has 2 saturated heterocycles. The second kappa shape index (κ2) is 12.5. The van der Waals surface area contributed by atoms with E-state index in [1.807, 2.05) is 44.2 Å². The fourth-order valence-electron chi connectivity index (χ4n) is 5.02. The molecule has 11 nitrogen and oxygen atoms in total. The maximum atomic E-state index is 13.2. The van der Waals surface area contributed by atoms with Crippen molar-refractivity contribution in [3.05, 3.63) is 94.3 Å². The Bertz CT molecular complexity index is 1660. The van der Waals surface area contributed by atoms with Crippen LogP contribution in [0, 0.1) is 6.92 Å². The zero-order valence-electron chi connectivity index (χ0n) is 24.1. The summed E-state index contributed by atoms with van der Waals surface area (Å²) in [7, 11) is 0. The number of aliphatic carboxylic acids is 1. The Morgan fingerprint density at radius 2 is 1.66 bits per heavy atom. The molecule has 0 spiro atoms. The van der Waals surface area contributed by atoms with E-state index >= 15 is 0 Å². The van der Waals surface area contributed by atoms with Crippen molar-refractivity contribution in [2.45, 2.75) is 70.4 Å². The van der Waals surface area contributed by atoms with Crippen molar-refractivity contribution < 1.29 is 42.0 Å². The normalized spacial score (nSPS) is 22.4. The third-order valence-electron chi connectivity index (χ3n) is 7.06. The number of imidazole rings is 1. The third-order valence-corrected chi connectivity index (χ3v) is 7.06. The topological polar surface area (TPSA) is 127 Å². The van der Waals surface area contributed by atoms with Crippen molar-refractivity contribution in [1.29, 1.82) is 0 Å². The number of carboxylic acid groups (broad SMARTS) is 1. The van der Waals surface area contributed by atoms with Gasteiger partial charge in [0.05, 0.1) is 26.1 Å². The smallest absolute Gasteiger partial charge is 0.475 e. The summed E-state index contributed by atoms with van der Waals surface area (Å²) in [6.07, 6.45) is -3.55. The van der Waals surface area contributed by atoms with Crippen molar-refractivity contribution in [2.75, 3.05) is 6.61 Å². The zero-order chi connectivity index (χ0) is 31.6. The number of aromatic nitrogens is 4. The number of alkyl halides is 3. The summed E-state index contributed by atoms with van der Waals surface area (Å²) in [4.78, 5) is 31.1. The fourth-order valence-corrected chi connectivity index (χ4v) is 5.02. The van der Waals surface area contributed by atoms with Crippen molar-refractivity contribution in [1.82, 2.24) is 19.1 Å². The van der Waals surface area contributed by atoms with Crippen LogP contribution in [0.5, 0.6) is 0 Å². The van der Waals surface area contributed by atoms with Gasteiger partial charge in [0, 0.05) is 0 Å². The molecule has 0 saturated carbocycles. The van der Waals surface area contributed by atoms with Crippen LogP contribution in [0.1, 0.15) is 36.8 Å². The molecular formula is C30H31F3N4O7. The Morgan fingerprint density at radius 1 is 1.00 bits per heavy atom. The third kappa shape index (κ3) is 6.99. The molecule has 4 heterocycles. The lowest BCUT2D eigenvalue weighted by atomic mass is 10.1. The van der Waals surface area contributed by atoms with Crippen molar-refractivity contribution in [3.8, 4) is 0 Å². The van der Waals surface area contributed by atoms with Gasteiger partial charge in [0.2, 0.25) is 0 Å². The average molecular weight is 617 g/mol. The summed E-state index contributed by atoms with van der Waals surface area (Å²) >= 11 is 0. The van der Waals surface area contributed by atoms with Crippen LogP contribution in [0.4, 0.5) is 13.2 Å². The standard InChI is InChI=1S/C28H30N4O5.C2HF3O2/c1-18-9-11-20(12-10-18)14-34-15-21-23-24(37-28(2,3)36-23)27(35-21)32-17-29-22-25(32)30-16-31(26(22)33)13-19-7-5-4-6-8-19;3-2(4,5)1(6)7/h4-12,16-17,21,23-24,27H,13-15H2,1-3H3;(H,6,7)/t21-,23-,24-,27-;/m1./s1. The Hall–Kier alpha value is -4.11. The molecule has 44 heavy (non-hydrogen) atoms. The Morgan fingerprint density at radius 3 is 2.32 bits per heavy atom. The highest BCUT2D eigenvalue weighted by Crippen LogP contribution is 2.43. The molecule has 2 aromatic heterocycles. The molecular weight excluding hydrogens is 585 g/mol. The number of rotatable bonds is 7. The summed E-state index contributed by atoms with van der Waals surface area (Å²) in [6.45, 7) is 7.07. The molecule has 0 amide bonds. The number of halogens is 3. The van der Waals surface area contributed by atoms with E-state index in [4.69, 9.17) is 28.8 Å². The van der Waals surface area contributed by atoms with Gasteiger partial charge in [-0.15, -0.1) is 0 Å². The minimum absolute atomic E-state index is 0.205. The summed E-state index contributed by atoms with van der Waals surface area (Å²) < 4.78 is 59.9. The number of hydrogen-bond donors (Lipinski definition) is 1. The van der Waals surface area contributed by atoms with Crippen LogP contribution < -0.4 is 5.56 Å². The van der Waals surface area contributed by atoms with E-state index in [2.05, 4.69) is 41.2 Å². The number of hydrogen-bond acceptors (Lipinski definition) is 8. The fraction of sp³-hybridized carbons (Fsp3) is 0.400. The predicted octanol–water partition coefficient (Wildman–Crippen LogP) is 4.22. The van der Waals surface area contributed by atoms with Crippen LogP contribution in [-0.4, -0.2) is 67.1 Å². The Labute approximate surface area is 249 Å². The molecule has 6 rings (SSSR count). The molecule has 2 aliphatic rings. The van der Waals surface area contributed by atoms with Crippen molar-refractivity contribution in [2.24, 2.45) is 0 Å². The SMILES string of the molecule is Cc1ccc(COC[C@H]2O[C@@H](n3cnc4c(=O)n(Cc5ccccc5)cnc43)[C@@H]3OC(C)(C)O[C@@H]32)cc1.O=C(O)C(F)(F)F. The summed E-state index contributed by atoms with van der Waals surface area (Å²) in [6, 6.07) is 18.0. The van der Waals surface area contributed by atoms with E-state index in [1.165, 1.54) is 5.56 Å². The van der Waals surface area contributed by atoms with Gasteiger partial charge in [0.1, 0.15) is 24.6 Å². The highest BCUT2D eigenvalue weighted by atomic mass is 19.4. The number of nitrogens with zero attached hydrogens (tertiary/aromatic N) is 4. The molecule has 4 aromatic rings. The Balaban J connectivity index is 0.000000493. The van der Waals surface area contributed by atoms with Gasteiger partial charge < -0.3 is 24.1 Å². The number of fused-ring (bicyclic) bond motifs is 2. The maximum Gasteiger partial charge on any atom is 0.490 e. The lowest BCUT2D eigenvalue weighted by molar-refractivity contribution is -0.202. The van der Waals surface area contributed by atoms with Crippen molar-refractivity contribution in [3.63, 3.8) is 0 Å². The van der Waals surface area contributed by atoms with Crippen LogP contribution in [0.25, 0.3) is 11.2 Å².